The van der Waals surface area contributed by atoms with Crippen molar-refractivity contribution in [1.82, 2.24) is 4.90 Å². The molecule has 1 heterocycles. The number of rotatable bonds is 5. The predicted octanol–water partition coefficient (Wildman–Crippen LogP) is 2.96. The Bertz CT molecular complexity index is 1390. The number of carboxylic acid groups (broad SMARTS) is 1. The number of aromatic hydroxyl groups is 1. The SMILES string of the molecule is COc1cc(C2C3=CCC4C(=O)N(CCC(=O)O)C(=O)C4C3CC3=C2C(=O)C(C)=CC3=O)cc(Cl)c1O. The topological polar surface area (TPSA) is 138 Å². The molecule has 192 valence electrons. The van der Waals surface area contributed by atoms with Crippen LogP contribution in [0.3, 0.4) is 0 Å². The van der Waals surface area contributed by atoms with Gasteiger partial charge in [-0.2, -0.15) is 0 Å². The predicted molar refractivity (Wildman–Crippen MR) is 130 cm³/mol. The first-order chi connectivity index (χ1) is 17.5. The monoisotopic (exact) mass is 525 g/mol. The highest BCUT2D eigenvalue weighted by molar-refractivity contribution is 6.32. The zero-order valence-corrected chi connectivity index (χ0v) is 20.9. The number of ether oxygens (including phenoxy) is 1. The van der Waals surface area contributed by atoms with E-state index in [-0.39, 0.29) is 59.5 Å². The number of carboxylic acids is 1. The maximum absolute atomic E-state index is 13.4. The number of amides is 2. The standard InChI is InChI=1S/C27H24ClNO8/c1-11-7-18(30)16-10-15-13(3-4-14-22(15)27(36)29(26(14)35)6-5-20(31)32)21(23(16)24(11)33)12-8-17(28)25(34)19(9-12)37-2/h3,7-9,14-15,21-22,34H,4-6,10H2,1-2H3,(H,31,32). The second-order valence-electron chi connectivity index (χ2n) is 9.75. The van der Waals surface area contributed by atoms with Crippen molar-refractivity contribution in [3.05, 3.63) is 57.2 Å². The number of carbonyl (C=O) groups is 5. The Kier molecular flexibility index (Phi) is 6.06. The Morgan fingerprint density at radius 1 is 1.16 bits per heavy atom. The fourth-order valence-corrected chi connectivity index (χ4v) is 6.37. The van der Waals surface area contributed by atoms with Crippen LogP contribution in [0.1, 0.15) is 37.7 Å². The lowest BCUT2D eigenvalue weighted by atomic mass is 9.59. The van der Waals surface area contributed by atoms with Gasteiger partial charge >= 0.3 is 5.97 Å². The van der Waals surface area contributed by atoms with E-state index in [0.29, 0.717) is 16.7 Å². The summed E-state index contributed by atoms with van der Waals surface area (Å²) in [7, 11) is 1.37. The number of phenolic OH excluding ortho intramolecular Hbond substituents is 1. The normalized spacial score (nSPS) is 26.9. The molecule has 3 aliphatic carbocycles. The Labute approximate surface area is 217 Å². The number of methoxy groups -OCH3 is 1. The molecule has 4 atom stereocenters. The van der Waals surface area contributed by atoms with E-state index in [1.165, 1.54) is 19.3 Å². The van der Waals surface area contributed by atoms with Crippen LogP contribution in [-0.4, -0.2) is 58.1 Å². The van der Waals surface area contributed by atoms with Crippen molar-refractivity contribution in [1.29, 1.82) is 0 Å². The number of fused-ring (bicyclic) bond motifs is 3. The summed E-state index contributed by atoms with van der Waals surface area (Å²) in [5, 5.41) is 19.3. The van der Waals surface area contributed by atoms with Crippen LogP contribution in [0.15, 0.2) is 46.6 Å². The van der Waals surface area contributed by atoms with Crippen LogP contribution in [0.2, 0.25) is 5.02 Å². The summed E-state index contributed by atoms with van der Waals surface area (Å²) in [5.41, 5.74) is 2.12. The molecule has 1 aromatic carbocycles. The molecule has 0 aromatic heterocycles. The molecule has 1 aliphatic heterocycles. The van der Waals surface area contributed by atoms with E-state index in [1.54, 1.807) is 13.0 Å². The highest BCUT2D eigenvalue weighted by Gasteiger charge is 2.56. The third kappa shape index (κ3) is 3.80. The largest absolute Gasteiger partial charge is 0.503 e. The van der Waals surface area contributed by atoms with Crippen molar-refractivity contribution < 1.29 is 38.9 Å². The number of halogens is 1. The van der Waals surface area contributed by atoms with E-state index in [4.69, 9.17) is 21.4 Å². The lowest BCUT2D eigenvalue weighted by Gasteiger charge is -2.42. The van der Waals surface area contributed by atoms with Crippen molar-refractivity contribution in [2.45, 2.75) is 32.1 Å². The van der Waals surface area contributed by atoms with Gasteiger partial charge in [0.25, 0.3) is 0 Å². The summed E-state index contributed by atoms with van der Waals surface area (Å²) in [5.74, 6) is -5.51. The van der Waals surface area contributed by atoms with Gasteiger partial charge in [-0.25, -0.2) is 0 Å². The Balaban J connectivity index is 1.65. The smallest absolute Gasteiger partial charge is 0.305 e. The van der Waals surface area contributed by atoms with E-state index in [0.717, 1.165) is 10.5 Å². The Hall–Kier alpha value is -3.72. The van der Waals surface area contributed by atoms with Crippen LogP contribution in [0.4, 0.5) is 0 Å². The average Bonchev–Trinajstić information content (AvgIpc) is 3.10. The summed E-state index contributed by atoms with van der Waals surface area (Å²) in [6.45, 7) is 1.35. The van der Waals surface area contributed by atoms with Gasteiger partial charge in [0, 0.05) is 29.2 Å². The van der Waals surface area contributed by atoms with Crippen LogP contribution in [0.5, 0.6) is 11.5 Å². The highest BCUT2D eigenvalue weighted by atomic mass is 35.5. The van der Waals surface area contributed by atoms with Crippen LogP contribution >= 0.6 is 11.6 Å². The number of benzene rings is 1. The number of nitrogens with zero attached hydrogens (tertiary/aromatic N) is 1. The molecule has 9 nitrogen and oxygen atoms in total. The second-order valence-corrected chi connectivity index (χ2v) is 10.2. The Morgan fingerprint density at radius 2 is 1.89 bits per heavy atom. The third-order valence-corrected chi connectivity index (χ3v) is 8.10. The van der Waals surface area contributed by atoms with E-state index in [2.05, 4.69) is 0 Å². The molecule has 1 fully saturated rings. The van der Waals surface area contributed by atoms with Crippen LogP contribution in [0, 0.1) is 17.8 Å². The van der Waals surface area contributed by atoms with Gasteiger partial charge in [-0.3, -0.25) is 28.9 Å². The summed E-state index contributed by atoms with van der Waals surface area (Å²) in [4.78, 5) is 65.2. The molecule has 0 spiro atoms. The Morgan fingerprint density at radius 3 is 2.57 bits per heavy atom. The number of allylic oxidation sites excluding steroid dienone is 6. The second kappa shape index (κ2) is 8.99. The maximum Gasteiger partial charge on any atom is 0.305 e. The lowest BCUT2D eigenvalue weighted by molar-refractivity contribution is -0.142. The van der Waals surface area contributed by atoms with Crippen molar-refractivity contribution in [2.75, 3.05) is 13.7 Å². The first-order valence-corrected chi connectivity index (χ1v) is 12.3. The van der Waals surface area contributed by atoms with Gasteiger partial charge < -0.3 is 14.9 Å². The zero-order valence-electron chi connectivity index (χ0n) is 20.1. The zero-order chi connectivity index (χ0) is 26.8. The molecule has 1 saturated heterocycles. The van der Waals surface area contributed by atoms with Crippen molar-refractivity contribution in [3.63, 3.8) is 0 Å². The molecule has 1 aromatic rings. The molecule has 2 N–H and O–H groups in total. The molecule has 5 rings (SSSR count). The van der Waals surface area contributed by atoms with Gasteiger partial charge in [-0.05, 0) is 49.5 Å². The molecule has 4 unspecified atom stereocenters. The molecular weight excluding hydrogens is 502 g/mol. The number of likely N-dealkylation sites (tertiary alicyclic amines) is 1. The van der Waals surface area contributed by atoms with Crippen LogP contribution < -0.4 is 4.74 Å². The summed E-state index contributed by atoms with van der Waals surface area (Å²) >= 11 is 6.29. The minimum atomic E-state index is -1.12. The molecule has 0 bridgehead atoms. The van der Waals surface area contributed by atoms with Gasteiger partial charge in [-0.15, -0.1) is 0 Å². The molecular formula is C27H24ClNO8. The van der Waals surface area contributed by atoms with E-state index in [1.807, 2.05) is 6.08 Å². The number of carbonyl (C=O) groups excluding carboxylic acids is 4. The minimum absolute atomic E-state index is 0.00160. The number of phenols is 1. The molecule has 2 amide bonds. The molecule has 0 radical (unpaired) electrons. The van der Waals surface area contributed by atoms with Gasteiger partial charge in [0.15, 0.2) is 23.1 Å². The van der Waals surface area contributed by atoms with Gasteiger partial charge in [0.05, 0.1) is 30.4 Å². The van der Waals surface area contributed by atoms with Crippen molar-refractivity contribution in [2.24, 2.45) is 17.8 Å². The molecule has 0 saturated carbocycles. The maximum atomic E-state index is 13.4. The van der Waals surface area contributed by atoms with E-state index >= 15 is 0 Å². The molecule has 10 heteroatoms. The third-order valence-electron chi connectivity index (χ3n) is 7.81. The first kappa shape index (κ1) is 25.0. The van der Waals surface area contributed by atoms with E-state index in [9.17, 15) is 29.1 Å². The summed E-state index contributed by atoms with van der Waals surface area (Å²) in [6, 6.07) is 3.06. The quantitative estimate of drug-likeness (QED) is 0.340. The van der Waals surface area contributed by atoms with Crippen molar-refractivity contribution >= 4 is 41.0 Å². The van der Waals surface area contributed by atoms with Crippen LogP contribution in [-0.2, 0) is 24.0 Å². The minimum Gasteiger partial charge on any atom is -0.503 e. The molecule has 4 aliphatic rings. The lowest BCUT2D eigenvalue weighted by Crippen LogP contribution is -2.40. The molecule has 37 heavy (non-hydrogen) atoms. The number of hydrogen-bond donors (Lipinski definition) is 2. The van der Waals surface area contributed by atoms with Gasteiger partial charge in [-0.1, -0.05) is 23.3 Å². The van der Waals surface area contributed by atoms with Crippen molar-refractivity contribution in [3.8, 4) is 11.5 Å². The average molecular weight is 526 g/mol. The summed E-state index contributed by atoms with van der Waals surface area (Å²) in [6.07, 6.45) is 3.14. The number of hydrogen-bond acceptors (Lipinski definition) is 7. The fraction of sp³-hybridized carbons (Fsp3) is 0.370. The van der Waals surface area contributed by atoms with Gasteiger partial charge in [0.2, 0.25) is 11.8 Å². The number of Topliss-reactive ketones (excluding diaryl/α,β-unsaturated/α-hetero) is 1. The number of ketones is 2. The van der Waals surface area contributed by atoms with Crippen LogP contribution in [0.25, 0.3) is 0 Å². The summed E-state index contributed by atoms with van der Waals surface area (Å²) < 4.78 is 5.27. The van der Waals surface area contributed by atoms with E-state index < -0.39 is 41.5 Å². The fourth-order valence-electron chi connectivity index (χ4n) is 6.15. The first-order valence-electron chi connectivity index (χ1n) is 11.9. The number of imide groups is 1. The highest BCUT2D eigenvalue weighted by Crippen LogP contribution is 2.56. The number of aliphatic carboxylic acids is 1. The van der Waals surface area contributed by atoms with Gasteiger partial charge in [0.1, 0.15) is 0 Å².